The van der Waals surface area contributed by atoms with E-state index in [0.717, 1.165) is 0 Å². The van der Waals surface area contributed by atoms with Crippen LogP contribution < -0.4 is 0 Å². The van der Waals surface area contributed by atoms with Crippen molar-refractivity contribution in [3.63, 3.8) is 0 Å². The largest absolute Gasteiger partial charge is 3.00 e. The Morgan fingerprint density at radius 1 is 0.441 bits per heavy atom. The fraction of sp³-hybridized carbons (Fsp3) is 0.143. The summed E-state index contributed by atoms with van der Waals surface area (Å²) in [5, 5.41) is 0. The average Bonchev–Trinajstić information content (AvgIpc) is 2.67. The molecular formula is C21H21GaO9S3. The van der Waals surface area contributed by atoms with Crippen LogP contribution in [0.4, 0.5) is 0 Å². The van der Waals surface area contributed by atoms with E-state index in [9.17, 15) is 38.9 Å². The van der Waals surface area contributed by atoms with E-state index in [0.29, 0.717) is 16.7 Å². The molecule has 3 aromatic rings. The van der Waals surface area contributed by atoms with Gasteiger partial charge >= 0.3 is 19.8 Å². The molecule has 0 unspecified atom stereocenters. The van der Waals surface area contributed by atoms with Crippen molar-refractivity contribution in [2.45, 2.75) is 35.5 Å². The van der Waals surface area contributed by atoms with Gasteiger partial charge in [0.1, 0.15) is 30.4 Å². The Bertz CT molecular complexity index is 1240. The number of rotatable bonds is 3. The van der Waals surface area contributed by atoms with Gasteiger partial charge in [0.05, 0.1) is 14.7 Å². The van der Waals surface area contributed by atoms with E-state index in [1.165, 1.54) is 36.4 Å². The maximum atomic E-state index is 10.5. The molecule has 0 heterocycles. The molecule has 0 atom stereocenters. The van der Waals surface area contributed by atoms with Gasteiger partial charge in [0.25, 0.3) is 0 Å². The molecule has 0 aliphatic carbocycles. The first-order valence-electron chi connectivity index (χ1n) is 9.09. The van der Waals surface area contributed by atoms with Crippen molar-refractivity contribution in [3.05, 3.63) is 89.5 Å². The molecule has 34 heavy (non-hydrogen) atoms. The molecular weight excluding hydrogens is 562 g/mol. The molecule has 0 N–H and O–H groups in total. The summed E-state index contributed by atoms with van der Waals surface area (Å²) < 4.78 is 94.5. The fourth-order valence-corrected chi connectivity index (χ4v) is 4.63. The molecule has 0 radical (unpaired) electrons. The Balaban J connectivity index is 0.000000473. The topological polar surface area (TPSA) is 172 Å². The van der Waals surface area contributed by atoms with Gasteiger partial charge in [-0.1, -0.05) is 54.6 Å². The molecule has 0 amide bonds. The standard InChI is InChI=1S/3C7H8O3S.Ga/c3*1-6-4-2-3-5-7(6)11(8,9)10;/h3*2-5H,1H3,(H,8,9,10);/q;;;+3/p-3. The summed E-state index contributed by atoms with van der Waals surface area (Å²) in [5.74, 6) is 0. The van der Waals surface area contributed by atoms with Gasteiger partial charge in [0.15, 0.2) is 0 Å². The smallest absolute Gasteiger partial charge is 0.744 e. The third kappa shape index (κ3) is 10.5. The molecule has 0 aliphatic heterocycles. The van der Waals surface area contributed by atoms with E-state index < -0.39 is 30.4 Å². The molecule has 0 aliphatic rings. The minimum absolute atomic E-state index is 0. The van der Waals surface area contributed by atoms with Crippen molar-refractivity contribution < 1.29 is 38.9 Å². The summed E-state index contributed by atoms with van der Waals surface area (Å²) in [7, 11) is -12.9. The second-order valence-electron chi connectivity index (χ2n) is 6.66. The van der Waals surface area contributed by atoms with E-state index in [4.69, 9.17) is 0 Å². The van der Waals surface area contributed by atoms with Gasteiger partial charge in [-0.25, -0.2) is 25.3 Å². The van der Waals surface area contributed by atoms with Crippen LogP contribution in [0.2, 0.25) is 0 Å². The van der Waals surface area contributed by atoms with Crippen LogP contribution in [0.5, 0.6) is 0 Å². The number of aryl methyl sites for hydroxylation is 3. The Labute approximate surface area is 213 Å². The van der Waals surface area contributed by atoms with Crippen LogP contribution in [0.3, 0.4) is 0 Å². The van der Waals surface area contributed by atoms with Gasteiger partial charge in [0, 0.05) is 0 Å². The predicted molar refractivity (Wildman–Crippen MR) is 123 cm³/mol. The third-order valence-corrected chi connectivity index (χ3v) is 7.08. The first-order valence-corrected chi connectivity index (χ1v) is 13.3. The summed E-state index contributed by atoms with van der Waals surface area (Å²) in [5.41, 5.74) is 1.47. The molecule has 0 spiro atoms. The molecule has 0 fully saturated rings. The van der Waals surface area contributed by atoms with E-state index in [2.05, 4.69) is 0 Å². The molecule has 3 rings (SSSR count). The Hall–Kier alpha value is -1.97. The summed E-state index contributed by atoms with van der Waals surface area (Å²) >= 11 is 0. The summed E-state index contributed by atoms with van der Waals surface area (Å²) in [4.78, 5) is -0.417. The number of benzene rings is 3. The molecule has 9 nitrogen and oxygen atoms in total. The van der Waals surface area contributed by atoms with Crippen molar-refractivity contribution in [1.82, 2.24) is 0 Å². The van der Waals surface area contributed by atoms with Gasteiger partial charge in [-0.15, -0.1) is 0 Å². The Morgan fingerprint density at radius 2 is 0.618 bits per heavy atom. The monoisotopic (exact) mass is 582 g/mol. The van der Waals surface area contributed by atoms with Gasteiger partial charge in [-0.2, -0.15) is 0 Å². The third-order valence-electron chi connectivity index (χ3n) is 4.09. The van der Waals surface area contributed by atoms with Crippen molar-refractivity contribution in [3.8, 4) is 0 Å². The molecule has 3 aromatic carbocycles. The first-order chi connectivity index (χ1) is 15.0. The molecule has 13 heteroatoms. The van der Waals surface area contributed by atoms with Crippen LogP contribution >= 0.6 is 0 Å². The van der Waals surface area contributed by atoms with Crippen molar-refractivity contribution in [2.75, 3.05) is 0 Å². The van der Waals surface area contributed by atoms with E-state index >= 15 is 0 Å². The summed E-state index contributed by atoms with van der Waals surface area (Å²) in [6.07, 6.45) is 0. The Morgan fingerprint density at radius 3 is 0.735 bits per heavy atom. The zero-order valence-electron chi connectivity index (χ0n) is 18.4. The fourth-order valence-electron chi connectivity index (χ4n) is 2.51. The molecule has 0 saturated carbocycles. The van der Waals surface area contributed by atoms with Crippen molar-refractivity contribution in [1.29, 1.82) is 0 Å². The molecule has 0 aromatic heterocycles. The zero-order valence-corrected chi connectivity index (χ0v) is 23.3. The van der Waals surface area contributed by atoms with E-state index in [-0.39, 0.29) is 34.5 Å². The van der Waals surface area contributed by atoms with Gasteiger partial charge in [-0.3, -0.25) is 0 Å². The number of hydrogen-bond donors (Lipinski definition) is 0. The zero-order chi connectivity index (χ0) is 25.4. The second kappa shape index (κ2) is 13.2. The summed E-state index contributed by atoms with van der Waals surface area (Å²) in [6.45, 7) is 4.76. The SMILES string of the molecule is Cc1ccccc1S(=O)(=O)[O-].Cc1ccccc1S(=O)(=O)[O-].Cc1ccccc1S(=O)(=O)[O-].[Ga+3]. The van der Waals surface area contributed by atoms with Crippen molar-refractivity contribution in [2.24, 2.45) is 0 Å². The second-order valence-corrected chi connectivity index (χ2v) is 10.7. The molecule has 0 bridgehead atoms. The molecule has 0 saturated heterocycles. The van der Waals surface area contributed by atoms with Gasteiger partial charge in [-0.05, 0) is 55.7 Å². The average molecular weight is 583 g/mol. The van der Waals surface area contributed by atoms with Gasteiger partial charge < -0.3 is 13.7 Å². The van der Waals surface area contributed by atoms with E-state index in [1.807, 2.05) is 0 Å². The predicted octanol–water partition coefficient (Wildman–Crippen LogP) is 2.32. The first kappa shape index (κ1) is 32.0. The normalized spacial score (nSPS) is 11.1. The van der Waals surface area contributed by atoms with Crippen LogP contribution in [-0.4, -0.2) is 58.7 Å². The van der Waals surface area contributed by atoms with E-state index in [1.54, 1.807) is 57.2 Å². The summed E-state index contributed by atoms with van der Waals surface area (Å²) in [6, 6.07) is 18.3. The quantitative estimate of drug-likeness (QED) is 0.331. The van der Waals surface area contributed by atoms with Crippen LogP contribution in [-0.2, 0) is 30.4 Å². The minimum Gasteiger partial charge on any atom is -0.744 e. The van der Waals surface area contributed by atoms with Crippen LogP contribution in [0.1, 0.15) is 16.7 Å². The maximum Gasteiger partial charge on any atom is 3.00 e. The van der Waals surface area contributed by atoms with Crippen LogP contribution in [0.15, 0.2) is 87.5 Å². The molecule has 180 valence electrons. The van der Waals surface area contributed by atoms with Crippen LogP contribution in [0, 0.1) is 20.8 Å². The Kier molecular flexibility index (Phi) is 12.4. The minimum atomic E-state index is -4.28. The van der Waals surface area contributed by atoms with Crippen LogP contribution in [0.25, 0.3) is 0 Å². The maximum absolute atomic E-state index is 10.5. The number of hydrogen-bond acceptors (Lipinski definition) is 9. The van der Waals surface area contributed by atoms with Crippen molar-refractivity contribution >= 4 is 50.1 Å². The van der Waals surface area contributed by atoms with Gasteiger partial charge in [0.2, 0.25) is 0 Å².